The summed E-state index contributed by atoms with van der Waals surface area (Å²) in [5.41, 5.74) is 10.5. The molecule has 0 amide bonds. The predicted octanol–water partition coefficient (Wildman–Crippen LogP) is 4.89. The Kier molecular flexibility index (Phi) is 3.54. The van der Waals surface area contributed by atoms with E-state index in [2.05, 4.69) is 61.4 Å². The Morgan fingerprint density at radius 1 is 1.11 bits per heavy atom. The molecule has 19 heavy (non-hydrogen) atoms. The summed E-state index contributed by atoms with van der Waals surface area (Å²) in [5.74, 6) is 0. The lowest BCUT2D eigenvalue weighted by Crippen LogP contribution is -2.07. The van der Waals surface area contributed by atoms with Crippen LogP contribution in [0.5, 0.6) is 0 Å². The molecule has 0 heterocycles. The number of fused-ring (bicyclic) bond motifs is 1. The average Bonchev–Trinajstić information content (AvgIpc) is 2.75. The Balaban J connectivity index is 1.86. The zero-order valence-corrected chi connectivity index (χ0v) is 13.5. The van der Waals surface area contributed by atoms with E-state index >= 15 is 0 Å². The Morgan fingerprint density at radius 2 is 1.95 bits per heavy atom. The summed E-state index contributed by atoms with van der Waals surface area (Å²) in [4.78, 5) is 0. The first-order valence-corrected chi connectivity index (χ1v) is 7.82. The van der Waals surface area contributed by atoms with Crippen LogP contribution in [0, 0.1) is 0 Å². The fraction of sp³-hybridized carbons (Fsp3) is 0.200. The molecular weight excluding hydrogens is 368 g/mol. The summed E-state index contributed by atoms with van der Waals surface area (Å²) >= 11 is 7.06. The second-order valence-corrected chi connectivity index (χ2v) is 6.59. The third kappa shape index (κ3) is 2.65. The Morgan fingerprint density at radius 3 is 2.74 bits per heavy atom. The van der Waals surface area contributed by atoms with Gasteiger partial charge in [0.2, 0.25) is 0 Å². The maximum absolute atomic E-state index is 5.84. The van der Waals surface area contributed by atoms with E-state index in [-0.39, 0.29) is 0 Å². The first kappa shape index (κ1) is 13.0. The maximum atomic E-state index is 5.84. The van der Waals surface area contributed by atoms with Crippen molar-refractivity contribution in [3.63, 3.8) is 0 Å². The van der Waals surface area contributed by atoms with E-state index in [4.69, 9.17) is 5.73 Å². The summed E-state index contributed by atoms with van der Waals surface area (Å²) in [7, 11) is 0. The first-order valence-electron chi connectivity index (χ1n) is 6.23. The summed E-state index contributed by atoms with van der Waals surface area (Å²) in [6.07, 6.45) is 2.20. The number of halogens is 2. The van der Waals surface area contributed by atoms with Crippen LogP contribution in [0.2, 0.25) is 0 Å². The van der Waals surface area contributed by atoms with Crippen LogP contribution in [0.4, 0.5) is 11.4 Å². The van der Waals surface area contributed by atoms with Gasteiger partial charge in [-0.3, -0.25) is 0 Å². The highest BCUT2D eigenvalue weighted by molar-refractivity contribution is 9.11. The van der Waals surface area contributed by atoms with Crippen LogP contribution in [0.15, 0.2) is 45.3 Å². The van der Waals surface area contributed by atoms with Gasteiger partial charge in [-0.25, -0.2) is 0 Å². The minimum atomic E-state index is 0.369. The smallest absolute Gasteiger partial charge is 0.0520 e. The Labute approximate surface area is 129 Å². The van der Waals surface area contributed by atoms with Crippen LogP contribution in [-0.2, 0) is 6.42 Å². The fourth-order valence-electron chi connectivity index (χ4n) is 2.58. The van der Waals surface area contributed by atoms with Gasteiger partial charge in [0.05, 0.1) is 6.04 Å². The van der Waals surface area contributed by atoms with Crippen molar-refractivity contribution in [2.45, 2.75) is 18.9 Å². The van der Waals surface area contributed by atoms with Crippen molar-refractivity contribution in [1.29, 1.82) is 0 Å². The third-order valence-electron chi connectivity index (χ3n) is 3.51. The van der Waals surface area contributed by atoms with Gasteiger partial charge >= 0.3 is 0 Å². The Hall–Kier alpha value is -1.000. The summed E-state index contributed by atoms with van der Waals surface area (Å²) in [6, 6.07) is 12.8. The van der Waals surface area contributed by atoms with Crippen molar-refractivity contribution in [2.24, 2.45) is 0 Å². The van der Waals surface area contributed by atoms with Crippen LogP contribution >= 0.6 is 31.9 Å². The van der Waals surface area contributed by atoms with E-state index in [9.17, 15) is 0 Å². The van der Waals surface area contributed by atoms with E-state index in [1.165, 1.54) is 11.1 Å². The zero-order valence-electron chi connectivity index (χ0n) is 10.3. The number of benzene rings is 2. The second kappa shape index (κ2) is 5.17. The molecule has 0 bridgehead atoms. The minimum Gasteiger partial charge on any atom is -0.399 e. The molecule has 2 aromatic rings. The molecule has 0 spiro atoms. The summed E-state index contributed by atoms with van der Waals surface area (Å²) in [5, 5.41) is 3.60. The molecule has 4 heteroatoms. The molecule has 1 aliphatic carbocycles. The molecule has 0 saturated carbocycles. The van der Waals surface area contributed by atoms with Gasteiger partial charge in [-0.15, -0.1) is 0 Å². The van der Waals surface area contributed by atoms with Crippen LogP contribution in [-0.4, -0.2) is 0 Å². The van der Waals surface area contributed by atoms with Crippen LogP contribution in [0.1, 0.15) is 23.6 Å². The maximum Gasteiger partial charge on any atom is 0.0520 e. The molecule has 2 aromatic carbocycles. The van der Waals surface area contributed by atoms with Gasteiger partial charge in [-0.2, -0.15) is 0 Å². The minimum absolute atomic E-state index is 0.369. The van der Waals surface area contributed by atoms with Crippen molar-refractivity contribution >= 4 is 43.2 Å². The normalized spacial score (nSPS) is 17.3. The molecular formula is C15H14Br2N2. The molecule has 0 radical (unpaired) electrons. The quantitative estimate of drug-likeness (QED) is 0.726. The number of nitrogens with one attached hydrogen (secondary N) is 1. The molecule has 0 saturated heterocycles. The molecule has 2 nitrogen and oxygen atoms in total. The number of anilines is 2. The van der Waals surface area contributed by atoms with E-state index in [1.807, 2.05) is 12.1 Å². The Bertz CT molecular complexity index is 626. The van der Waals surface area contributed by atoms with Crippen molar-refractivity contribution in [2.75, 3.05) is 11.1 Å². The second-order valence-electron chi connectivity index (χ2n) is 4.82. The standard InChI is InChI=1S/C15H14Br2N2/c16-10-2-6-15(13(17)8-10)19-14-5-1-9-7-11(18)3-4-12(9)14/h2-4,6-8,14,19H,1,5,18H2. The van der Waals surface area contributed by atoms with Gasteiger partial charge < -0.3 is 11.1 Å². The predicted molar refractivity (Wildman–Crippen MR) is 87.4 cm³/mol. The number of hydrogen-bond donors (Lipinski definition) is 2. The monoisotopic (exact) mass is 380 g/mol. The molecule has 0 aliphatic heterocycles. The third-order valence-corrected chi connectivity index (χ3v) is 4.66. The van der Waals surface area contributed by atoms with Crippen LogP contribution in [0.3, 0.4) is 0 Å². The van der Waals surface area contributed by atoms with E-state index in [0.29, 0.717) is 6.04 Å². The van der Waals surface area contributed by atoms with Crippen molar-refractivity contribution < 1.29 is 0 Å². The van der Waals surface area contributed by atoms with Gasteiger partial charge in [0.15, 0.2) is 0 Å². The first-order chi connectivity index (χ1) is 9.13. The van der Waals surface area contributed by atoms with E-state index < -0.39 is 0 Å². The van der Waals surface area contributed by atoms with Gasteiger partial charge in [0.25, 0.3) is 0 Å². The van der Waals surface area contributed by atoms with Gasteiger partial charge in [0.1, 0.15) is 0 Å². The van der Waals surface area contributed by atoms with Crippen molar-refractivity contribution in [1.82, 2.24) is 0 Å². The van der Waals surface area contributed by atoms with Crippen molar-refractivity contribution in [3.8, 4) is 0 Å². The number of aryl methyl sites for hydroxylation is 1. The lowest BCUT2D eigenvalue weighted by molar-refractivity contribution is 0.761. The van der Waals surface area contributed by atoms with Gasteiger partial charge in [-0.1, -0.05) is 22.0 Å². The highest BCUT2D eigenvalue weighted by Crippen LogP contribution is 2.37. The SMILES string of the molecule is Nc1ccc2c(c1)CCC2Nc1ccc(Br)cc1Br. The molecule has 3 rings (SSSR count). The topological polar surface area (TPSA) is 38.0 Å². The molecule has 0 fully saturated rings. The molecule has 3 N–H and O–H groups in total. The number of nitrogen functional groups attached to an aromatic ring is 1. The van der Waals surface area contributed by atoms with Gasteiger partial charge in [-0.05, 0) is 70.2 Å². The van der Waals surface area contributed by atoms with E-state index in [0.717, 1.165) is 33.2 Å². The lowest BCUT2D eigenvalue weighted by Gasteiger charge is -2.17. The summed E-state index contributed by atoms with van der Waals surface area (Å²) < 4.78 is 2.15. The number of hydrogen-bond acceptors (Lipinski definition) is 2. The average molecular weight is 382 g/mol. The molecule has 1 atom stereocenters. The molecule has 0 aromatic heterocycles. The fourth-order valence-corrected chi connectivity index (χ4v) is 3.74. The largest absolute Gasteiger partial charge is 0.399 e. The lowest BCUT2D eigenvalue weighted by atomic mass is 10.1. The van der Waals surface area contributed by atoms with Crippen molar-refractivity contribution in [3.05, 3.63) is 56.5 Å². The van der Waals surface area contributed by atoms with E-state index in [1.54, 1.807) is 0 Å². The number of rotatable bonds is 2. The van der Waals surface area contributed by atoms with Crippen LogP contribution in [0.25, 0.3) is 0 Å². The molecule has 1 aliphatic rings. The van der Waals surface area contributed by atoms with Gasteiger partial charge in [0, 0.05) is 20.3 Å². The molecule has 98 valence electrons. The zero-order chi connectivity index (χ0) is 13.4. The van der Waals surface area contributed by atoms with Crippen LogP contribution < -0.4 is 11.1 Å². The number of nitrogens with two attached hydrogens (primary N) is 1. The summed E-state index contributed by atoms with van der Waals surface area (Å²) in [6.45, 7) is 0. The molecule has 1 unspecified atom stereocenters. The highest BCUT2D eigenvalue weighted by atomic mass is 79.9. The highest BCUT2D eigenvalue weighted by Gasteiger charge is 2.22.